The molecule has 0 saturated heterocycles. The zero-order valence-electron chi connectivity index (χ0n) is 18.6. The van der Waals surface area contributed by atoms with Gasteiger partial charge in [0.25, 0.3) is 5.91 Å². The Morgan fingerprint density at radius 3 is 2.53 bits per heavy atom. The number of alkyl halides is 3. The van der Waals surface area contributed by atoms with Crippen LogP contribution in [0.15, 0.2) is 48.7 Å². The number of carbonyl (C=O) groups is 1. The fourth-order valence-electron chi connectivity index (χ4n) is 3.92. The number of carbonyl (C=O) groups excluding carboxylic acids is 1. The summed E-state index contributed by atoms with van der Waals surface area (Å²) in [4.78, 5) is 13.0. The van der Waals surface area contributed by atoms with E-state index in [9.17, 15) is 18.0 Å². The molecule has 2 N–H and O–H groups in total. The van der Waals surface area contributed by atoms with Gasteiger partial charge in [-0.2, -0.15) is 18.3 Å². The maximum absolute atomic E-state index is 13.9. The third-order valence-electron chi connectivity index (χ3n) is 5.62. The molecule has 0 bridgehead atoms. The van der Waals surface area contributed by atoms with Crippen molar-refractivity contribution in [3.05, 3.63) is 59.8 Å². The second-order valence-electron chi connectivity index (χ2n) is 7.64. The minimum absolute atomic E-state index is 0.0145. The van der Waals surface area contributed by atoms with Crippen molar-refractivity contribution in [1.29, 1.82) is 0 Å². The largest absolute Gasteiger partial charge is 0.497 e. The monoisotopic (exact) mass is 476 g/mol. The van der Waals surface area contributed by atoms with Crippen molar-refractivity contribution < 1.29 is 32.2 Å². The molecule has 11 heteroatoms. The zero-order valence-corrected chi connectivity index (χ0v) is 18.6. The van der Waals surface area contributed by atoms with Gasteiger partial charge in [0.2, 0.25) is 0 Å². The number of ether oxygens (including phenoxy) is 3. The molecule has 2 atom stereocenters. The Morgan fingerprint density at radius 1 is 1.09 bits per heavy atom. The Labute approximate surface area is 193 Å². The van der Waals surface area contributed by atoms with Gasteiger partial charge in [-0.25, -0.2) is 4.68 Å². The molecule has 1 aromatic heterocycles. The average molecular weight is 476 g/mol. The first-order chi connectivity index (χ1) is 16.2. The molecule has 180 valence electrons. The Bertz CT molecular complexity index is 1200. The van der Waals surface area contributed by atoms with Gasteiger partial charge in [0, 0.05) is 18.2 Å². The SMILES string of the molecule is COc1cccc([C@@H]2C[C@H](C(F)(F)F)n3ncc(C(=O)Nc4ccc(OC)c(OC)c4)c3N2)c1. The average Bonchev–Trinajstić information content (AvgIpc) is 3.26. The van der Waals surface area contributed by atoms with Crippen molar-refractivity contribution in [2.45, 2.75) is 24.7 Å². The lowest BCUT2D eigenvalue weighted by Gasteiger charge is -2.34. The Morgan fingerprint density at radius 2 is 1.85 bits per heavy atom. The van der Waals surface area contributed by atoms with Crippen LogP contribution in [-0.4, -0.2) is 43.2 Å². The highest BCUT2D eigenvalue weighted by Crippen LogP contribution is 2.44. The van der Waals surface area contributed by atoms with Crippen LogP contribution in [0.4, 0.5) is 24.7 Å². The van der Waals surface area contributed by atoms with E-state index in [1.54, 1.807) is 42.5 Å². The quantitative estimate of drug-likeness (QED) is 0.531. The second-order valence-corrected chi connectivity index (χ2v) is 7.64. The lowest BCUT2D eigenvalue weighted by Crippen LogP contribution is -2.36. The zero-order chi connectivity index (χ0) is 24.5. The predicted octanol–water partition coefficient (Wildman–Crippen LogP) is 4.82. The van der Waals surface area contributed by atoms with Crippen LogP contribution in [0.25, 0.3) is 0 Å². The topological polar surface area (TPSA) is 86.6 Å². The van der Waals surface area contributed by atoms with Crippen molar-refractivity contribution in [2.24, 2.45) is 0 Å². The molecule has 2 aromatic carbocycles. The van der Waals surface area contributed by atoms with Crippen LogP contribution in [0.3, 0.4) is 0 Å². The summed E-state index contributed by atoms with van der Waals surface area (Å²) < 4.78 is 58.2. The van der Waals surface area contributed by atoms with Crippen molar-refractivity contribution in [3.8, 4) is 17.2 Å². The van der Waals surface area contributed by atoms with E-state index in [1.165, 1.54) is 21.3 Å². The summed E-state index contributed by atoms with van der Waals surface area (Å²) in [6, 6.07) is 8.94. The van der Waals surface area contributed by atoms with Crippen LogP contribution in [0.1, 0.15) is 34.4 Å². The van der Waals surface area contributed by atoms with E-state index in [4.69, 9.17) is 14.2 Å². The van der Waals surface area contributed by atoms with Crippen LogP contribution >= 0.6 is 0 Å². The lowest BCUT2D eigenvalue weighted by molar-refractivity contribution is -0.173. The van der Waals surface area contributed by atoms with Gasteiger partial charge in [0.15, 0.2) is 17.5 Å². The molecule has 0 radical (unpaired) electrons. The number of nitrogens with zero attached hydrogens (tertiary/aromatic N) is 2. The van der Waals surface area contributed by atoms with Crippen LogP contribution in [0.5, 0.6) is 17.2 Å². The molecule has 0 spiro atoms. The van der Waals surface area contributed by atoms with Crippen molar-refractivity contribution in [2.75, 3.05) is 32.0 Å². The minimum atomic E-state index is -4.56. The predicted molar refractivity (Wildman–Crippen MR) is 119 cm³/mol. The number of fused-ring (bicyclic) bond motifs is 1. The van der Waals surface area contributed by atoms with E-state index in [0.29, 0.717) is 28.5 Å². The van der Waals surface area contributed by atoms with Crippen LogP contribution in [0, 0.1) is 0 Å². The molecule has 1 amide bonds. The summed E-state index contributed by atoms with van der Waals surface area (Å²) in [5.74, 6) is 0.755. The van der Waals surface area contributed by atoms with E-state index in [2.05, 4.69) is 15.7 Å². The molecule has 1 aliphatic heterocycles. The molecular formula is C23H23F3N4O4. The first kappa shape index (κ1) is 23.3. The first-order valence-electron chi connectivity index (χ1n) is 10.3. The fraction of sp³-hybridized carbons (Fsp3) is 0.304. The van der Waals surface area contributed by atoms with Crippen LogP contribution in [-0.2, 0) is 0 Å². The Balaban J connectivity index is 1.67. The maximum atomic E-state index is 13.9. The number of nitrogens with one attached hydrogen (secondary N) is 2. The number of aromatic nitrogens is 2. The van der Waals surface area contributed by atoms with Crippen LogP contribution < -0.4 is 24.8 Å². The third kappa shape index (κ3) is 4.45. The summed E-state index contributed by atoms with van der Waals surface area (Å²) in [7, 11) is 4.42. The molecular weight excluding hydrogens is 453 g/mol. The number of amides is 1. The van der Waals surface area contributed by atoms with Gasteiger partial charge >= 0.3 is 6.18 Å². The minimum Gasteiger partial charge on any atom is -0.497 e. The van der Waals surface area contributed by atoms with E-state index in [-0.39, 0.29) is 17.8 Å². The molecule has 0 aliphatic carbocycles. The first-order valence-corrected chi connectivity index (χ1v) is 10.3. The van der Waals surface area contributed by atoms with E-state index < -0.39 is 24.2 Å². The van der Waals surface area contributed by atoms with Crippen molar-refractivity contribution >= 4 is 17.4 Å². The number of hydrogen-bond acceptors (Lipinski definition) is 6. The van der Waals surface area contributed by atoms with Crippen LogP contribution in [0.2, 0.25) is 0 Å². The van der Waals surface area contributed by atoms with Crippen molar-refractivity contribution in [3.63, 3.8) is 0 Å². The Hall–Kier alpha value is -3.89. The number of methoxy groups -OCH3 is 3. The molecule has 8 nitrogen and oxygen atoms in total. The van der Waals surface area contributed by atoms with Gasteiger partial charge in [0.1, 0.15) is 17.1 Å². The smallest absolute Gasteiger partial charge is 0.410 e. The highest BCUT2D eigenvalue weighted by Gasteiger charge is 2.47. The number of halogens is 3. The van der Waals surface area contributed by atoms with Gasteiger partial charge in [-0.3, -0.25) is 4.79 Å². The lowest BCUT2D eigenvalue weighted by atomic mass is 9.96. The summed E-state index contributed by atoms with van der Waals surface area (Å²) >= 11 is 0. The summed E-state index contributed by atoms with van der Waals surface area (Å²) in [6.07, 6.45) is -3.72. The van der Waals surface area contributed by atoms with Gasteiger partial charge in [-0.1, -0.05) is 12.1 Å². The van der Waals surface area contributed by atoms with E-state index in [0.717, 1.165) is 10.9 Å². The number of hydrogen-bond donors (Lipinski definition) is 2. The fourth-order valence-corrected chi connectivity index (χ4v) is 3.92. The van der Waals surface area contributed by atoms with Gasteiger partial charge in [-0.15, -0.1) is 0 Å². The summed E-state index contributed by atoms with van der Waals surface area (Å²) in [6.45, 7) is 0. The molecule has 0 saturated carbocycles. The molecule has 34 heavy (non-hydrogen) atoms. The standard InChI is InChI=1S/C23H23F3N4O4/c1-32-15-6-4-5-13(9-15)17-11-20(23(24,25)26)30-21(29-17)16(12-27-30)22(31)28-14-7-8-18(33-2)19(10-14)34-3/h4-10,12,17,20,29H,11H2,1-3H3,(H,28,31)/t17-,20+/m0/s1. The number of benzene rings is 2. The number of rotatable bonds is 6. The van der Waals surface area contributed by atoms with Crippen molar-refractivity contribution in [1.82, 2.24) is 9.78 Å². The molecule has 4 rings (SSSR count). The highest BCUT2D eigenvalue weighted by molar-refractivity contribution is 6.07. The second kappa shape index (κ2) is 9.16. The van der Waals surface area contributed by atoms with Gasteiger partial charge in [0.05, 0.1) is 33.6 Å². The maximum Gasteiger partial charge on any atom is 0.410 e. The van der Waals surface area contributed by atoms with E-state index >= 15 is 0 Å². The van der Waals surface area contributed by atoms with Gasteiger partial charge < -0.3 is 24.8 Å². The molecule has 1 aliphatic rings. The molecule has 0 fully saturated rings. The third-order valence-corrected chi connectivity index (χ3v) is 5.62. The number of anilines is 2. The molecule has 3 aromatic rings. The normalized spacial score (nSPS) is 17.4. The summed E-state index contributed by atoms with van der Waals surface area (Å²) in [5, 5.41) is 9.63. The van der Waals surface area contributed by atoms with E-state index in [1.807, 2.05) is 0 Å². The van der Waals surface area contributed by atoms with Gasteiger partial charge in [-0.05, 0) is 29.8 Å². The molecule has 0 unspecified atom stereocenters. The molecule has 2 heterocycles. The Kier molecular flexibility index (Phi) is 6.27. The highest BCUT2D eigenvalue weighted by atomic mass is 19.4. The summed E-state index contributed by atoms with van der Waals surface area (Å²) in [5.41, 5.74) is 0.971.